The standard InChI is InChI=1S/C14H26O/c1-10(2)9-12-5-7-13(8-6-12)14(15)11(3)4/h10-13H,5-9H2,1-4H3/t12-,13-. The van der Waals surface area contributed by atoms with E-state index in [9.17, 15) is 4.79 Å². The van der Waals surface area contributed by atoms with Gasteiger partial charge in [0.1, 0.15) is 5.78 Å². The zero-order valence-corrected chi connectivity index (χ0v) is 10.8. The third-order valence-electron chi connectivity index (χ3n) is 3.62. The van der Waals surface area contributed by atoms with E-state index in [-0.39, 0.29) is 5.92 Å². The second kappa shape index (κ2) is 5.67. The van der Waals surface area contributed by atoms with Gasteiger partial charge in [-0.25, -0.2) is 0 Å². The van der Waals surface area contributed by atoms with Gasteiger partial charge < -0.3 is 0 Å². The van der Waals surface area contributed by atoms with Crippen molar-refractivity contribution in [1.82, 2.24) is 0 Å². The molecule has 15 heavy (non-hydrogen) atoms. The first-order valence-corrected chi connectivity index (χ1v) is 6.54. The van der Waals surface area contributed by atoms with Crippen LogP contribution in [0, 0.1) is 23.7 Å². The number of ketones is 1. The normalized spacial score (nSPS) is 27.3. The van der Waals surface area contributed by atoms with Crippen LogP contribution in [0.25, 0.3) is 0 Å². The van der Waals surface area contributed by atoms with E-state index in [0.717, 1.165) is 24.7 Å². The maximum absolute atomic E-state index is 11.8. The van der Waals surface area contributed by atoms with Crippen molar-refractivity contribution in [2.75, 3.05) is 0 Å². The summed E-state index contributed by atoms with van der Waals surface area (Å²) in [5.41, 5.74) is 0. The van der Waals surface area contributed by atoms with Crippen molar-refractivity contribution >= 4 is 5.78 Å². The summed E-state index contributed by atoms with van der Waals surface area (Å²) in [4.78, 5) is 11.8. The summed E-state index contributed by atoms with van der Waals surface area (Å²) >= 11 is 0. The van der Waals surface area contributed by atoms with Gasteiger partial charge in [-0.1, -0.05) is 27.7 Å². The molecule has 1 fully saturated rings. The van der Waals surface area contributed by atoms with Gasteiger partial charge in [0.05, 0.1) is 0 Å². The molecule has 0 unspecified atom stereocenters. The molecular formula is C14H26O. The number of carbonyl (C=O) groups excluding carboxylic acids is 1. The molecule has 0 atom stereocenters. The second-order valence-corrected chi connectivity index (χ2v) is 5.90. The van der Waals surface area contributed by atoms with Crippen LogP contribution >= 0.6 is 0 Å². The fourth-order valence-corrected chi connectivity index (χ4v) is 2.82. The summed E-state index contributed by atoms with van der Waals surface area (Å²) in [6.45, 7) is 8.65. The quantitative estimate of drug-likeness (QED) is 0.683. The van der Waals surface area contributed by atoms with Crippen LogP contribution in [0.2, 0.25) is 0 Å². The average molecular weight is 210 g/mol. The summed E-state index contributed by atoms with van der Waals surface area (Å²) in [6.07, 6.45) is 6.20. The Morgan fingerprint density at radius 3 is 2.00 bits per heavy atom. The Hall–Kier alpha value is -0.330. The van der Waals surface area contributed by atoms with Crippen molar-refractivity contribution in [1.29, 1.82) is 0 Å². The zero-order valence-electron chi connectivity index (χ0n) is 10.8. The van der Waals surface area contributed by atoms with Gasteiger partial charge in [0.2, 0.25) is 0 Å². The maximum atomic E-state index is 11.8. The monoisotopic (exact) mass is 210 g/mol. The van der Waals surface area contributed by atoms with Crippen molar-refractivity contribution in [3.63, 3.8) is 0 Å². The number of Topliss-reactive ketones (excluding diaryl/α,β-unsaturated/α-hetero) is 1. The molecule has 0 aromatic heterocycles. The molecule has 88 valence electrons. The van der Waals surface area contributed by atoms with Crippen LogP contribution < -0.4 is 0 Å². The van der Waals surface area contributed by atoms with Crippen molar-refractivity contribution in [2.45, 2.75) is 59.8 Å². The van der Waals surface area contributed by atoms with Gasteiger partial charge in [0, 0.05) is 11.8 Å². The summed E-state index contributed by atoms with van der Waals surface area (Å²) in [5, 5.41) is 0. The predicted molar refractivity (Wildman–Crippen MR) is 64.7 cm³/mol. The largest absolute Gasteiger partial charge is 0.299 e. The summed E-state index contributed by atoms with van der Waals surface area (Å²) in [6, 6.07) is 0. The van der Waals surface area contributed by atoms with E-state index < -0.39 is 0 Å². The molecule has 1 rings (SSSR count). The molecule has 0 spiro atoms. The SMILES string of the molecule is CC(C)C[C@H]1CC[C@H](C(=O)C(C)C)CC1. The van der Waals surface area contributed by atoms with Gasteiger partial charge in [0.15, 0.2) is 0 Å². The molecule has 0 aliphatic heterocycles. The van der Waals surface area contributed by atoms with Gasteiger partial charge in [-0.3, -0.25) is 4.79 Å². The second-order valence-electron chi connectivity index (χ2n) is 5.90. The molecule has 0 radical (unpaired) electrons. The molecule has 0 aromatic rings. The third kappa shape index (κ3) is 3.96. The Labute approximate surface area is 94.6 Å². The smallest absolute Gasteiger partial charge is 0.138 e. The van der Waals surface area contributed by atoms with E-state index in [4.69, 9.17) is 0 Å². The Morgan fingerprint density at radius 1 is 1.07 bits per heavy atom. The van der Waals surface area contributed by atoms with Gasteiger partial charge in [-0.15, -0.1) is 0 Å². The first-order valence-electron chi connectivity index (χ1n) is 6.54. The lowest BCUT2D eigenvalue weighted by atomic mass is 9.75. The molecule has 1 heteroatoms. The number of hydrogen-bond donors (Lipinski definition) is 0. The number of hydrogen-bond acceptors (Lipinski definition) is 1. The van der Waals surface area contributed by atoms with Crippen molar-refractivity contribution in [3.05, 3.63) is 0 Å². The molecule has 1 saturated carbocycles. The van der Waals surface area contributed by atoms with E-state index in [1.54, 1.807) is 0 Å². The summed E-state index contributed by atoms with van der Waals surface area (Å²) in [5.74, 6) is 2.82. The molecule has 0 bridgehead atoms. The number of carbonyl (C=O) groups is 1. The molecular weight excluding hydrogens is 184 g/mol. The highest BCUT2D eigenvalue weighted by Gasteiger charge is 2.27. The predicted octanol–water partition coefficient (Wildman–Crippen LogP) is 4.06. The first-order chi connectivity index (χ1) is 7.00. The maximum Gasteiger partial charge on any atom is 0.138 e. The minimum atomic E-state index is 0.233. The van der Waals surface area contributed by atoms with Crippen LogP contribution in [-0.4, -0.2) is 5.78 Å². The molecule has 1 aliphatic carbocycles. The topological polar surface area (TPSA) is 17.1 Å². The van der Waals surface area contributed by atoms with Crippen LogP contribution in [0.15, 0.2) is 0 Å². The molecule has 0 aromatic carbocycles. The van der Waals surface area contributed by atoms with E-state index in [1.165, 1.54) is 19.3 Å². The van der Waals surface area contributed by atoms with Crippen molar-refractivity contribution < 1.29 is 4.79 Å². The first kappa shape index (κ1) is 12.7. The van der Waals surface area contributed by atoms with Crippen molar-refractivity contribution in [2.24, 2.45) is 23.7 Å². The average Bonchev–Trinajstić information content (AvgIpc) is 2.17. The van der Waals surface area contributed by atoms with Crippen LogP contribution in [0.4, 0.5) is 0 Å². The highest BCUT2D eigenvalue weighted by molar-refractivity contribution is 5.82. The van der Waals surface area contributed by atoms with Crippen LogP contribution in [0.3, 0.4) is 0 Å². The Morgan fingerprint density at radius 2 is 1.60 bits per heavy atom. The van der Waals surface area contributed by atoms with Gasteiger partial charge >= 0.3 is 0 Å². The van der Waals surface area contributed by atoms with Gasteiger partial charge in [-0.2, -0.15) is 0 Å². The lowest BCUT2D eigenvalue weighted by Crippen LogP contribution is -2.25. The highest BCUT2D eigenvalue weighted by Crippen LogP contribution is 2.34. The minimum absolute atomic E-state index is 0.233. The molecule has 1 aliphatic rings. The molecule has 0 amide bonds. The Balaban J connectivity index is 2.32. The van der Waals surface area contributed by atoms with Crippen LogP contribution in [0.1, 0.15) is 59.8 Å². The Kier molecular flexibility index (Phi) is 4.82. The fourth-order valence-electron chi connectivity index (χ4n) is 2.82. The van der Waals surface area contributed by atoms with Gasteiger partial charge in [-0.05, 0) is 43.9 Å². The van der Waals surface area contributed by atoms with E-state index in [0.29, 0.717) is 11.7 Å². The lowest BCUT2D eigenvalue weighted by Gasteiger charge is -2.29. The number of rotatable bonds is 4. The Bertz CT molecular complexity index is 197. The third-order valence-corrected chi connectivity index (χ3v) is 3.62. The molecule has 1 nitrogen and oxygen atoms in total. The molecule has 0 saturated heterocycles. The molecule has 0 heterocycles. The zero-order chi connectivity index (χ0) is 11.4. The van der Waals surface area contributed by atoms with E-state index in [1.807, 2.05) is 13.8 Å². The van der Waals surface area contributed by atoms with E-state index >= 15 is 0 Å². The summed E-state index contributed by atoms with van der Waals surface area (Å²) in [7, 11) is 0. The minimum Gasteiger partial charge on any atom is -0.299 e. The highest BCUT2D eigenvalue weighted by atomic mass is 16.1. The summed E-state index contributed by atoms with van der Waals surface area (Å²) < 4.78 is 0. The van der Waals surface area contributed by atoms with Gasteiger partial charge in [0.25, 0.3) is 0 Å². The lowest BCUT2D eigenvalue weighted by molar-refractivity contribution is -0.127. The molecule has 0 N–H and O–H groups in total. The van der Waals surface area contributed by atoms with E-state index in [2.05, 4.69) is 13.8 Å². The van der Waals surface area contributed by atoms with Crippen molar-refractivity contribution in [3.8, 4) is 0 Å². The fraction of sp³-hybridized carbons (Fsp3) is 0.929. The van der Waals surface area contributed by atoms with Crippen LogP contribution in [0.5, 0.6) is 0 Å². The van der Waals surface area contributed by atoms with Crippen LogP contribution in [-0.2, 0) is 4.79 Å².